The second kappa shape index (κ2) is 16.6. The van der Waals surface area contributed by atoms with Gasteiger partial charge in [-0.05, 0) is 93.0 Å². The number of nitrogens with zero attached hydrogens (tertiary/aromatic N) is 2. The Morgan fingerprint density at radius 3 is 2.20 bits per heavy atom. The number of methoxy groups -OCH3 is 1. The number of ether oxygens (including phenoxy) is 2. The highest BCUT2D eigenvalue weighted by Crippen LogP contribution is 2.32. The molecule has 0 radical (unpaired) electrons. The lowest BCUT2D eigenvalue weighted by Crippen LogP contribution is -2.57. The van der Waals surface area contributed by atoms with E-state index in [0.29, 0.717) is 17.8 Å². The van der Waals surface area contributed by atoms with E-state index < -0.39 is 49.8 Å². The van der Waals surface area contributed by atoms with Crippen LogP contribution >= 0.6 is 0 Å². The van der Waals surface area contributed by atoms with Crippen LogP contribution < -0.4 is 10.6 Å². The van der Waals surface area contributed by atoms with Gasteiger partial charge in [-0.1, -0.05) is 73.8 Å². The van der Waals surface area contributed by atoms with Crippen LogP contribution in [0.15, 0.2) is 72.8 Å². The van der Waals surface area contributed by atoms with Gasteiger partial charge in [-0.2, -0.15) is 0 Å². The van der Waals surface area contributed by atoms with Gasteiger partial charge < -0.3 is 25.0 Å². The van der Waals surface area contributed by atoms with Crippen LogP contribution in [0.1, 0.15) is 73.6 Å². The number of nitrogens with one attached hydrogen (secondary N) is 2. The SMILES string of the molecule is COC(=O)c1ccc(-c2ccc(CC(NC(=O)[C@H](C)N(C)C(=O)OC(C)(C)C)C(=O)N3C[Si](C)(C)C[C@H]3C(=O)N[C@@H]3CCCc4ccccc43)cc2)cc1. The van der Waals surface area contributed by atoms with Gasteiger partial charge in [0.1, 0.15) is 23.7 Å². The molecule has 11 nitrogen and oxygen atoms in total. The summed E-state index contributed by atoms with van der Waals surface area (Å²) in [6.07, 6.45) is 2.76. The van der Waals surface area contributed by atoms with E-state index in [1.54, 1.807) is 44.7 Å². The van der Waals surface area contributed by atoms with Crippen LogP contribution in [0.2, 0.25) is 19.1 Å². The molecule has 1 aliphatic carbocycles. The normalized spacial score (nSPS) is 18.8. The number of carbonyl (C=O) groups is 5. The molecule has 1 aliphatic heterocycles. The summed E-state index contributed by atoms with van der Waals surface area (Å²) in [6, 6.07) is 20.8. The van der Waals surface area contributed by atoms with Crippen LogP contribution in [0.4, 0.5) is 4.79 Å². The maximum absolute atomic E-state index is 14.7. The maximum atomic E-state index is 14.7. The van der Waals surface area contributed by atoms with Gasteiger partial charge in [0.15, 0.2) is 0 Å². The number of carbonyl (C=O) groups excluding carboxylic acids is 5. The van der Waals surface area contributed by atoms with Gasteiger partial charge in [0.2, 0.25) is 17.7 Å². The van der Waals surface area contributed by atoms with Crippen LogP contribution in [0.3, 0.4) is 0 Å². The van der Waals surface area contributed by atoms with E-state index in [9.17, 15) is 24.0 Å². The number of hydrogen-bond donors (Lipinski definition) is 2. The first-order valence-corrected chi connectivity index (χ1v) is 22.1. The lowest BCUT2D eigenvalue weighted by molar-refractivity contribution is -0.141. The molecule has 1 unspecified atom stereocenters. The first-order valence-electron chi connectivity index (χ1n) is 18.7. The fraction of sp³-hybridized carbons (Fsp3) is 0.452. The smallest absolute Gasteiger partial charge is 0.410 e. The molecule has 0 spiro atoms. The van der Waals surface area contributed by atoms with Crippen molar-refractivity contribution in [1.29, 1.82) is 0 Å². The van der Waals surface area contributed by atoms with Crippen LogP contribution in [0.25, 0.3) is 11.1 Å². The Morgan fingerprint density at radius 1 is 0.944 bits per heavy atom. The number of esters is 1. The van der Waals surface area contributed by atoms with Crippen molar-refractivity contribution in [2.24, 2.45) is 0 Å². The summed E-state index contributed by atoms with van der Waals surface area (Å²) in [4.78, 5) is 70.3. The molecule has 1 heterocycles. The van der Waals surface area contributed by atoms with Gasteiger partial charge in [0, 0.05) is 19.6 Å². The molecule has 2 aliphatic rings. The standard InChI is InChI=1S/C42H54N4O7Si/c1-27(45(5)41(51)53-42(2,3)4)37(47)44-35(24-28-16-18-29(19-17-28)30-20-22-32(23-21-30)40(50)52-6)39(49)46-26-54(7,8)25-36(46)38(48)43-34-15-11-13-31-12-9-10-14-33(31)34/h9-10,12,14,16-23,27,34-36H,11,13,15,24-26H2,1-8H3,(H,43,48)(H,44,47)/t27-,34+,35?,36-/m0/s1. The second-order valence-electron chi connectivity index (χ2n) is 16.3. The molecule has 4 amide bonds. The highest BCUT2D eigenvalue weighted by Gasteiger charge is 2.47. The van der Waals surface area contributed by atoms with Crippen molar-refractivity contribution in [2.75, 3.05) is 20.3 Å². The van der Waals surface area contributed by atoms with Gasteiger partial charge >= 0.3 is 12.1 Å². The van der Waals surface area contributed by atoms with Crippen LogP contribution in [-0.2, 0) is 36.7 Å². The van der Waals surface area contributed by atoms with E-state index in [1.807, 2.05) is 48.5 Å². The minimum Gasteiger partial charge on any atom is -0.465 e. The molecule has 0 bridgehead atoms. The molecule has 0 saturated carbocycles. The van der Waals surface area contributed by atoms with Gasteiger partial charge in [0.05, 0.1) is 26.8 Å². The minimum absolute atomic E-state index is 0.125. The van der Waals surface area contributed by atoms with Crippen molar-refractivity contribution in [1.82, 2.24) is 20.4 Å². The van der Waals surface area contributed by atoms with Crippen molar-refractivity contribution in [3.8, 4) is 11.1 Å². The van der Waals surface area contributed by atoms with Crippen LogP contribution in [0.5, 0.6) is 0 Å². The Kier molecular flexibility index (Phi) is 12.4. The van der Waals surface area contributed by atoms with Crippen LogP contribution in [-0.4, -0.2) is 91.7 Å². The second-order valence-corrected chi connectivity index (χ2v) is 21.4. The highest BCUT2D eigenvalue weighted by atomic mass is 28.3. The van der Waals surface area contributed by atoms with E-state index in [0.717, 1.165) is 41.5 Å². The molecule has 3 aromatic carbocycles. The first kappa shape index (κ1) is 40.2. The molecular formula is C42H54N4O7Si. The Labute approximate surface area is 319 Å². The molecule has 3 aromatic rings. The average Bonchev–Trinajstić information content (AvgIpc) is 3.48. The van der Waals surface area contributed by atoms with Crippen molar-refractivity contribution < 1.29 is 33.4 Å². The summed E-state index contributed by atoms with van der Waals surface area (Å²) in [5.41, 5.74) is 4.66. The molecular weight excluding hydrogens is 701 g/mol. The zero-order chi connectivity index (χ0) is 39.4. The van der Waals surface area contributed by atoms with E-state index in [4.69, 9.17) is 9.47 Å². The van der Waals surface area contributed by atoms with Crippen molar-refractivity contribution in [3.63, 3.8) is 0 Å². The van der Waals surface area contributed by atoms with E-state index in [-0.39, 0.29) is 24.3 Å². The molecule has 4 atom stereocenters. The zero-order valence-electron chi connectivity index (χ0n) is 32.7. The predicted molar refractivity (Wildman–Crippen MR) is 210 cm³/mol. The topological polar surface area (TPSA) is 134 Å². The largest absolute Gasteiger partial charge is 0.465 e. The van der Waals surface area contributed by atoms with Gasteiger partial charge in [-0.25, -0.2) is 9.59 Å². The maximum Gasteiger partial charge on any atom is 0.410 e. The number of rotatable bonds is 10. The summed E-state index contributed by atoms with van der Waals surface area (Å²) >= 11 is 0. The lowest BCUT2D eigenvalue weighted by Gasteiger charge is -2.33. The molecule has 5 rings (SSSR count). The Balaban J connectivity index is 1.39. The fourth-order valence-corrected chi connectivity index (χ4v) is 10.1. The van der Waals surface area contributed by atoms with Crippen LogP contribution in [0, 0.1) is 0 Å². The van der Waals surface area contributed by atoms with Gasteiger partial charge in [-0.15, -0.1) is 0 Å². The minimum atomic E-state index is -2.01. The molecule has 1 saturated heterocycles. The predicted octanol–water partition coefficient (Wildman–Crippen LogP) is 6.08. The summed E-state index contributed by atoms with van der Waals surface area (Å²) in [5, 5.41) is 6.24. The molecule has 1 fully saturated rings. The van der Waals surface area contributed by atoms with E-state index >= 15 is 0 Å². The summed E-state index contributed by atoms with van der Waals surface area (Å²) in [5.74, 6) is -1.43. The monoisotopic (exact) mass is 754 g/mol. The molecule has 2 N–H and O–H groups in total. The number of aryl methyl sites for hydroxylation is 1. The quantitative estimate of drug-likeness (QED) is 0.190. The third kappa shape index (κ3) is 9.76. The zero-order valence-corrected chi connectivity index (χ0v) is 33.7. The number of hydrogen-bond acceptors (Lipinski definition) is 7. The van der Waals surface area contributed by atoms with E-state index in [1.165, 1.54) is 24.6 Å². The summed E-state index contributed by atoms with van der Waals surface area (Å²) < 4.78 is 10.3. The number of amides is 4. The third-order valence-corrected chi connectivity index (χ3v) is 13.0. The molecule has 12 heteroatoms. The summed E-state index contributed by atoms with van der Waals surface area (Å²) in [6.45, 7) is 11.2. The lowest BCUT2D eigenvalue weighted by atomic mass is 9.87. The molecule has 288 valence electrons. The molecule has 0 aromatic heterocycles. The van der Waals surface area contributed by atoms with Gasteiger partial charge in [0.25, 0.3) is 0 Å². The molecule has 54 heavy (non-hydrogen) atoms. The van der Waals surface area contributed by atoms with E-state index in [2.05, 4.69) is 35.9 Å². The number of fused-ring (bicyclic) bond motifs is 1. The Bertz CT molecular complexity index is 1860. The van der Waals surface area contributed by atoms with Crippen molar-refractivity contribution in [3.05, 3.63) is 95.1 Å². The fourth-order valence-electron chi connectivity index (χ4n) is 7.25. The van der Waals surface area contributed by atoms with Crippen molar-refractivity contribution in [2.45, 2.75) is 102 Å². The van der Waals surface area contributed by atoms with Gasteiger partial charge in [-0.3, -0.25) is 19.3 Å². The van der Waals surface area contributed by atoms with Crippen molar-refractivity contribution >= 4 is 37.9 Å². The number of benzene rings is 3. The Morgan fingerprint density at radius 2 is 1.57 bits per heavy atom. The number of likely N-dealkylation sites (N-methyl/N-ethyl adjacent to an activating group) is 1. The first-order chi connectivity index (χ1) is 25.5. The third-order valence-electron chi connectivity index (χ3n) is 10.3. The summed E-state index contributed by atoms with van der Waals surface area (Å²) in [7, 11) is 0.821. The Hall–Kier alpha value is -4.97. The highest BCUT2D eigenvalue weighted by molar-refractivity contribution is 6.79. The average molecular weight is 755 g/mol.